The molecular formula is C17H14ClN3O2S. The van der Waals surface area contributed by atoms with Crippen molar-refractivity contribution < 1.29 is 8.42 Å². The van der Waals surface area contributed by atoms with Crippen molar-refractivity contribution >= 4 is 50.2 Å². The third-order valence-corrected chi connectivity index (χ3v) is 4.99. The van der Waals surface area contributed by atoms with Gasteiger partial charge in [-0.3, -0.25) is 0 Å². The van der Waals surface area contributed by atoms with Crippen LogP contribution in [-0.2, 0) is 10.0 Å². The third-order valence-electron chi connectivity index (χ3n) is 3.65. The highest BCUT2D eigenvalue weighted by atomic mass is 35.5. The maximum atomic E-state index is 12.6. The molecule has 0 fully saturated rings. The Hall–Kier alpha value is -2.57. The fourth-order valence-electron chi connectivity index (χ4n) is 2.52. The Morgan fingerprint density at radius 2 is 1.58 bits per heavy atom. The van der Waals surface area contributed by atoms with E-state index in [4.69, 9.17) is 0 Å². The zero-order chi connectivity index (χ0) is 15.9. The van der Waals surface area contributed by atoms with Gasteiger partial charge in [0.25, 0.3) is 10.0 Å². The first-order valence-corrected chi connectivity index (χ1v) is 8.56. The molecule has 0 amide bonds. The van der Waals surface area contributed by atoms with Gasteiger partial charge in [0.05, 0.1) is 15.9 Å². The standard InChI is InChI=1S/C17H13N3O2S.ClH/c21-23(22,14-10-9-12-5-1-2-6-13(12)11-14)20-17-18-15-7-3-4-8-16(15)19-17;/h1-11H,(H2,18,19,20);1H. The number of hydrogen-bond donors (Lipinski definition) is 2. The first kappa shape index (κ1) is 16.3. The van der Waals surface area contributed by atoms with Crippen LogP contribution in [0, 0.1) is 0 Å². The summed E-state index contributed by atoms with van der Waals surface area (Å²) in [6, 6.07) is 20.0. The molecule has 0 aliphatic heterocycles. The molecule has 4 aromatic rings. The van der Waals surface area contributed by atoms with E-state index in [1.54, 1.807) is 18.2 Å². The Kier molecular flexibility index (Phi) is 4.17. The molecule has 2 N–H and O–H groups in total. The molecule has 0 radical (unpaired) electrons. The number of aromatic amines is 1. The summed E-state index contributed by atoms with van der Waals surface area (Å²) in [6.45, 7) is 0. The summed E-state index contributed by atoms with van der Waals surface area (Å²) in [6.07, 6.45) is 0. The molecule has 0 atom stereocenters. The SMILES string of the molecule is Cl.O=S(=O)(Nc1nc2ccccc2[nH]1)c1ccc2ccccc2c1. The minimum Gasteiger partial charge on any atom is -0.323 e. The van der Waals surface area contributed by atoms with E-state index in [0.29, 0.717) is 5.52 Å². The summed E-state index contributed by atoms with van der Waals surface area (Å²) < 4.78 is 27.6. The Bertz CT molecular complexity index is 1090. The molecule has 5 nitrogen and oxygen atoms in total. The van der Waals surface area contributed by atoms with Crippen LogP contribution in [0.5, 0.6) is 0 Å². The van der Waals surface area contributed by atoms with Crippen molar-refractivity contribution in [2.45, 2.75) is 4.90 Å². The van der Waals surface area contributed by atoms with Gasteiger partial charge in [-0.1, -0.05) is 42.5 Å². The number of halogens is 1. The molecule has 0 aliphatic carbocycles. The van der Waals surface area contributed by atoms with Gasteiger partial charge in [0.2, 0.25) is 5.95 Å². The number of hydrogen-bond acceptors (Lipinski definition) is 3. The second-order valence-electron chi connectivity index (χ2n) is 5.22. The molecule has 0 bridgehead atoms. The van der Waals surface area contributed by atoms with Gasteiger partial charge in [-0.2, -0.15) is 0 Å². The van der Waals surface area contributed by atoms with Crippen LogP contribution in [0.2, 0.25) is 0 Å². The molecule has 0 spiro atoms. The molecule has 4 rings (SSSR count). The van der Waals surface area contributed by atoms with Crippen LogP contribution >= 0.6 is 12.4 Å². The van der Waals surface area contributed by atoms with Crippen LogP contribution in [0.25, 0.3) is 21.8 Å². The maximum Gasteiger partial charge on any atom is 0.264 e. The van der Waals surface area contributed by atoms with Crippen LogP contribution in [-0.4, -0.2) is 18.4 Å². The van der Waals surface area contributed by atoms with Gasteiger partial charge < -0.3 is 4.98 Å². The molecule has 0 saturated carbocycles. The zero-order valence-electron chi connectivity index (χ0n) is 12.4. The van der Waals surface area contributed by atoms with Crippen LogP contribution in [0.15, 0.2) is 71.6 Å². The molecule has 1 aromatic heterocycles. The van der Waals surface area contributed by atoms with E-state index in [-0.39, 0.29) is 23.3 Å². The minimum atomic E-state index is -3.70. The van der Waals surface area contributed by atoms with Crippen LogP contribution in [0.4, 0.5) is 5.95 Å². The largest absolute Gasteiger partial charge is 0.323 e. The quantitative estimate of drug-likeness (QED) is 0.581. The van der Waals surface area contributed by atoms with Crippen molar-refractivity contribution in [3.63, 3.8) is 0 Å². The summed E-state index contributed by atoms with van der Waals surface area (Å²) in [7, 11) is -3.70. The van der Waals surface area contributed by atoms with Gasteiger partial charge in [0, 0.05) is 0 Å². The summed E-state index contributed by atoms with van der Waals surface area (Å²) in [5.74, 6) is 0.208. The average Bonchev–Trinajstić information content (AvgIpc) is 2.95. The average molecular weight is 360 g/mol. The summed E-state index contributed by atoms with van der Waals surface area (Å²) in [4.78, 5) is 7.40. The predicted molar refractivity (Wildman–Crippen MR) is 98.1 cm³/mol. The second-order valence-corrected chi connectivity index (χ2v) is 6.90. The highest BCUT2D eigenvalue weighted by molar-refractivity contribution is 7.92. The fourth-order valence-corrected chi connectivity index (χ4v) is 3.52. The van der Waals surface area contributed by atoms with Crippen molar-refractivity contribution in [3.8, 4) is 0 Å². The third kappa shape index (κ3) is 2.93. The molecular weight excluding hydrogens is 346 g/mol. The fraction of sp³-hybridized carbons (Fsp3) is 0. The number of anilines is 1. The van der Waals surface area contributed by atoms with E-state index in [9.17, 15) is 8.42 Å². The number of para-hydroxylation sites is 2. The summed E-state index contributed by atoms with van der Waals surface area (Å²) in [5.41, 5.74) is 1.49. The molecule has 7 heteroatoms. The van der Waals surface area contributed by atoms with Crippen LogP contribution < -0.4 is 4.72 Å². The van der Waals surface area contributed by atoms with Crippen LogP contribution in [0.1, 0.15) is 0 Å². The van der Waals surface area contributed by atoms with Crippen molar-refractivity contribution in [1.29, 1.82) is 0 Å². The Morgan fingerprint density at radius 3 is 2.38 bits per heavy atom. The topological polar surface area (TPSA) is 74.8 Å². The molecule has 0 aliphatic rings. The first-order chi connectivity index (χ1) is 11.1. The first-order valence-electron chi connectivity index (χ1n) is 7.08. The number of fused-ring (bicyclic) bond motifs is 2. The van der Waals surface area contributed by atoms with Crippen molar-refractivity contribution in [1.82, 2.24) is 9.97 Å². The van der Waals surface area contributed by atoms with Gasteiger partial charge in [0.15, 0.2) is 0 Å². The number of nitrogens with zero attached hydrogens (tertiary/aromatic N) is 1. The van der Waals surface area contributed by atoms with E-state index in [0.717, 1.165) is 16.3 Å². The molecule has 0 unspecified atom stereocenters. The zero-order valence-corrected chi connectivity index (χ0v) is 14.1. The Balaban J connectivity index is 0.00000169. The molecule has 0 saturated heterocycles. The lowest BCUT2D eigenvalue weighted by atomic mass is 10.1. The minimum absolute atomic E-state index is 0. The van der Waals surface area contributed by atoms with Gasteiger partial charge in [-0.25, -0.2) is 18.1 Å². The molecule has 122 valence electrons. The van der Waals surface area contributed by atoms with Crippen molar-refractivity contribution in [3.05, 3.63) is 66.7 Å². The molecule has 24 heavy (non-hydrogen) atoms. The van der Waals surface area contributed by atoms with Crippen LogP contribution in [0.3, 0.4) is 0 Å². The highest BCUT2D eigenvalue weighted by Gasteiger charge is 2.16. The van der Waals surface area contributed by atoms with E-state index in [1.165, 1.54) is 0 Å². The van der Waals surface area contributed by atoms with E-state index >= 15 is 0 Å². The normalized spacial score (nSPS) is 11.3. The van der Waals surface area contributed by atoms with E-state index in [1.807, 2.05) is 48.5 Å². The monoisotopic (exact) mass is 359 g/mol. The number of nitrogens with one attached hydrogen (secondary N) is 2. The van der Waals surface area contributed by atoms with Gasteiger partial charge in [-0.05, 0) is 35.0 Å². The molecule has 3 aromatic carbocycles. The van der Waals surface area contributed by atoms with Gasteiger partial charge in [-0.15, -0.1) is 12.4 Å². The second kappa shape index (κ2) is 6.14. The van der Waals surface area contributed by atoms with Crippen molar-refractivity contribution in [2.24, 2.45) is 0 Å². The number of aromatic nitrogens is 2. The number of imidazole rings is 1. The Labute approximate surface area is 145 Å². The van der Waals surface area contributed by atoms with E-state index in [2.05, 4.69) is 14.7 Å². The number of rotatable bonds is 3. The maximum absolute atomic E-state index is 12.6. The summed E-state index contributed by atoms with van der Waals surface area (Å²) >= 11 is 0. The lowest BCUT2D eigenvalue weighted by Gasteiger charge is -2.06. The number of sulfonamides is 1. The Morgan fingerprint density at radius 1 is 0.875 bits per heavy atom. The number of benzene rings is 3. The highest BCUT2D eigenvalue weighted by Crippen LogP contribution is 2.21. The predicted octanol–water partition coefficient (Wildman–Crippen LogP) is 3.94. The number of H-pyrrole nitrogens is 1. The van der Waals surface area contributed by atoms with E-state index < -0.39 is 10.0 Å². The van der Waals surface area contributed by atoms with Crippen molar-refractivity contribution in [2.75, 3.05) is 4.72 Å². The summed E-state index contributed by atoms with van der Waals surface area (Å²) in [5, 5.41) is 1.87. The van der Waals surface area contributed by atoms with Gasteiger partial charge >= 0.3 is 0 Å². The molecule has 1 heterocycles. The smallest absolute Gasteiger partial charge is 0.264 e. The lowest BCUT2D eigenvalue weighted by molar-refractivity contribution is 0.601. The van der Waals surface area contributed by atoms with Gasteiger partial charge in [0.1, 0.15) is 0 Å². The lowest BCUT2D eigenvalue weighted by Crippen LogP contribution is -2.13.